The Bertz CT molecular complexity index is 1500. The Balaban J connectivity index is 1.58. The van der Waals surface area contributed by atoms with Gasteiger partial charge in [0, 0.05) is 65.6 Å². The van der Waals surface area contributed by atoms with E-state index in [1.807, 2.05) is 42.5 Å². The summed E-state index contributed by atoms with van der Waals surface area (Å²) in [5.74, 6) is 0.610. The second-order valence-electron chi connectivity index (χ2n) is 9.98. The van der Waals surface area contributed by atoms with Gasteiger partial charge in [0.2, 0.25) is 0 Å². The molecule has 2 aliphatic carbocycles. The molecule has 3 aliphatic rings. The molecule has 2 bridgehead atoms. The minimum Gasteiger partial charge on any atom is -0.482 e. The lowest BCUT2D eigenvalue weighted by molar-refractivity contribution is 0.227. The fraction of sp³-hybridized carbons (Fsp3) is 0.346. The second-order valence-corrected chi connectivity index (χ2v) is 9.98. The van der Waals surface area contributed by atoms with Crippen LogP contribution in [0.15, 0.2) is 36.7 Å². The monoisotopic (exact) mass is 456 g/mol. The van der Waals surface area contributed by atoms with Gasteiger partial charge in [-0.2, -0.15) is 10.2 Å². The van der Waals surface area contributed by atoms with Gasteiger partial charge in [-0.25, -0.2) is 9.37 Å². The molecule has 34 heavy (non-hydrogen) atoms. The van der Waals surface area contributed by atoms with Crippen molar-refractivity contribution < 1.29 is 9.13 Å². The van der Waals surface area contributed by atoms with Crippen LogP contribution in [0.1, 0.15) is 60.6 Å². The van der Waals surface area contributed by atoms with Gasteiger partial charge in [0.25, 0.3) is 0 Å². The number of pyridine rings is 1. The topological polar surface area (TPSA) is 83.8 Å². The third-order valence-corrected chi connectivity index (χ3v) is 7.78. The number of hydrogen-bond donors (Lipinski definition) is 1. The van der Waals surface area contributed by atoms with Crippen LogP contribution in [0.3, 0.4) is 0 Å². The standard InChI is InChI=1S/C26H25FN6O/c1-13-17-9-15(27)4-5-16(17)22-19(12-32(2)30-22)18-10-26(6-7-26)24-21(18)23(33(3)31-24)14-8-20(34-13)25(28)29-11-14/h4-5,8-9,11-13,18H,6-7,10H2,1-3H3,(H2,28,29)/t13-,18-/m1/s1. The van der Waals surface area contributed by atoms with Crippen molar-refractivity contribution in [2.45, 2.75) is 43.6 Å². The quantitative estimate of drug-likeness (QED) is 0.417. The van der Waals surface area contributed by atoms with Crippen molar-refractivity contribution >= 4 is 5.82 Å². The SMILES string of the molecule is C[C@H]1Oc2cc(cnc2N)-c2c3c(nn2C)C2(CC2)C[C@@H]3c2cn(C)nc2-c2ccc(F)cc21. The maximum atomic E-state index is 14.4. The van der Waals surface area contributed by atoms with Crippen LogP contribution in [-0.2, 0) is 19.5 Å². The zero-order valence-electron chi connectivity index (χ0n) is 19.3. The Morgan fingerprint density at radius 1 is 1.15 bits per heavy atom. The number of anilines is 1. The van der Waals surface area contributed by atoms with Gasteiger partial charge in [0.05, 0.1) is 17.1 Å². The highest BCUT2D eigenvalue weighted by molar-refractivity contribution is 5.75. The third kappa shape index (κ3) is 2.59. The van der Waals surface area contributed by atoms with E-state index in [4.69, 9.17) is 20.7 Å². The minimum atomic E-state index is -0.459. The molecule has 7 nitrogen and oxygen atoms in total. The molecule has 1 saturated carbocycles. The summed E-state index contributed by atoms with van der Waals surface area (Å²) in [6.07, 6.45) is 6.75. The predicted octanol–water partition coefficient (Wildman–Crippen LogP) is 4.62. The maximum Gasteiger partial charge on any atom is 0.166 e. The summed E-state index contributed by atoms with van der Waals surface area (Å²) >= 11 is 0. The number of nitrogens with two attached hydrogens (primary N) is 1. The minimum absolute atomic E-state index is 0.128. The molecule has 1 spiro atoms. The van der Waals surface area contributed by atoms with E-state index in [9.17, 15) is 4.39 Å². The summed E-state index contributed by atoms with van der Waals surface area (Å²) in [5, 5.41) is 9.90. The van der Waals surface area contributed by atoms with Crippen LogP contribution in [0.25, 0.3) is 22.5 Å². The van der Waals surface area contributed by atoms with Gasteiger partial charge in [-0.05, 0) is 50.5 Å². The van der Waals surface area contributed by atoms with Crippen LogP contribution in [0, 0.1) is 5.82 Å². The van der Waals surface area contributed by atoms with E-state index in [1.165, 1.54) is 23.4 Å². The molecular weight excluding hydrogens is 431 g/mol. The molecule has 2 atom stereocenters. The first kappa shape index (κ1) is 19.8. The average molecular weight is 457 g/mol. The number of ether oxygens (including phenoxy) is 1. The van der Waals surface area contributed by atoms with Crippen LogP contribution in [0.4, 0.5) is 10.2 Å². The first-order chi connectivity index (χ1) is 16.3. The van der Waals surface area contributed by atoms with Crippen LogP contribution in [-0.4, -0.2) is 24.5 Å². The number of halogens is 1. The summed E-state index contributed by atoms with van der Waals surface area (Å²) in [7, 11) is 3.93. The highest BCUT2D eigenvalue weighted by Crippen LogP contribution is 2.64. The molecule has 1 aromatic carbocycles. The Labute approximate surface area is 196 Å². The highest BCUT2D eigenvalue weighted by Gasteiger charge is 2.56. The molecule has 0 radical (unpaired) electrons. The molecule has 7 rings (SSSR count). The molecule has 1 fully saturated rings. The summed E-state index contributed by atoms with van der Waals surface area (Å²) in [6, 6.07) is 6.78. The van der Waals surface area contributed by atoms with Crippen molar-refractivity contribution in [1.29, 1.82) is 0 Å². The number of benzene rings is 1. The van der Waals surface area contributed by atoms with Gasteiger partial charge in [0.15, 0.2) is 11.6 Å². The average Bonchev–Trinajstić information content (AvgIpc) is 3.23. The number of nitrogens with zero attached hydrogens (tertiary/aromatic N) is 5. The molecule has 4 heterocycles. The molecule has 2 N–H and O–H groups in total. The molecule has 4 aromatic rings. The molecule has 0 unspecified atom stereocenters. The molecule has 8 heteroatoms. The molecule has 1 aliphatic heterocycles. The fourth-order valence-electron chi connectivity index (χ4n) is 6.04. The lowest BCUT2D eigenvalue weighted by atomic mass is 9.87. The van der Waals surface area contributed by atoms with Crippen LogP contribution in [0.2, 0.25) is 0 Å². The van der Waals surface area contributed by atoms with Crippen molar-refractivity contribution in [3.8, 4) is 28.3 Å². The van der Waals surface area contributed by atoms with Gasteiger partial charge >= 0.3 is 0 Å². The number of fused-ring (bicyclic) bond motifs is 8. The molecule has 3 aromatic heterocycles. The van der Waals surface area contributed by atoms with Gasteiger partial charge < -0.3 is 10.5 Å². The van der Waals surface area contributed by atoms with Gasteiger partial charge in [0.1, 0.15) is 11.9 Å². The van der Waals surface area contributed by atoms with Crippen LogP contribution in [0.5, 0.6) is 5.75 Å². The Hall–Kier alpha value is -3.68. The normalized spacial score (nSPS) is 21.2. The number of nitrogen functional groups attached to an aromatic ring is 1. The highest BCUT2D eigenvalue weighted by atomic mass is 19.1. The number of rotatable bonds is 0. The van der Waals surface area contributed by atoms with Gasteiger partial charge in [-0.1, -0.05) is 0 Å². The number of aromatic nitrogens is 5. The summed E-state index contributed by atoms with van der Waals surface area (Å²) in [5.41, 5.74) is 14.3. The number of aryl methyl sites for hydroxylation is 2. The number of hydrogen-bond acceptors (Lipinski definition) is 5. The third-order valence-electron chi connectivity index (χ3n) is 7.78. The predicted molar refractivity (Wildman–Crippen MR) is 126 cm³/mol. The molecule has 172 valence electrons. The van der Waals surface area contributed by atoms with Crippen molar-refractivity contribution in [3.63, 3.8) is 0 Å². The largest absolute Gasteiger partial charge is 0.482 e. The lowest BCUT2D eigenvalue weighted by Crippen LogP contribution is -2.11. The smallest absolute Gasteiger partial charge is 0.166 e. The fourth-order valence-corrected chi connectivity index (χ4v) is 6.04. The molecule has 0 saturated heterocycles. The van der Waals surface area contributed by atoms with Crippen molar-refractivity contribution in [2.75, 3.05) is 5.73 Å². The summed E-state index contributed by atoms with van der Waals surface area (Å²) in [4.78, 5) is 4.45. The van der Waals surface area contributed by atoms with Crippen LogP contribution < -0.4 is 10.5 Å². The Morgan fingerprint density at radius 3 is 2.76 bits per heavy atom. The molecular formula is C26H25FN6O. The van der Waals surface area contributed by atoms with Crippen molar-refractivity contribution in [1.82, 2.24) is 24.5 Å². The lowest BCUT2D eigenvalue weighted by Gasteiger charge is -2.22. The van der Waals surface area contributed by atoms with E-state index >= 15 is 0 Å². The van der Waals surface area contributed by atoms with Crippen LogP contribution >= 0.6 is 0 Å². The van der Waals surface area contributed by atoms with E-state index in [-0.39, 0.29) is 17.2 Å². The van der Waals surface area contributed by atoms with E-state index in [2.05, 4.69) is 11.2 Å². The van der Waals surface area contributed by atoms with Gasteiger partial charge in [-0.3, -0.25) is 9.36 Å². The van der Waals surface area contributed by atoms with E-state index in [1.54, 1.807) is 6.20 Å². The molecule has 0 amide bonds. The first-order valence-corrected chi connectivity index (χ1v) is 11.7. The first-order valence-electron chi connectivity index (χ1n) is 11.7. The van der Waals surface area contributed by atoms with Gasteiger partial charge in [-0.15, -0.1) is 0 Å². The van der Waals surface area contributed by atoms with E-state index < -0.39 is 6.10 Å². The summed E-state index contributed by atoms with van der Waals surface area (Å²) < 4.78 is 24.6. The summed E-state index contributed by atoms with van der Waals surface area (Å²) in [6.45, 7) is 1.90. The van der Waals surface area contributed by atoms with Crippen molar-refractivity contribution in [3.05, 3.63) is 64.9 Å². The Kier molecular flexibility index (Phi) is 3.76. The van der Waals surface area contributed by atoms with E-state index in [0.29, 0.717) is 11.6 Å². The van der Waals surface area contributed by atoms with Crippen molar-refractivity contribution in [2.24, 2.45) is 14.1 Å². The zero-order chi connectivity index (χ0) is 23.4. The zero-order valence-corrected chi connectivity index (χ0v) is 19.3. The Morgan fingerprint density at radius 2 is 1.97 bits per heavy atom. The second kappa shape index (κ2) is 6.46. The maximum absolute atomic E-state index is 14.4. The van der Waals surface area contributed by atoms with E-state index in [0.717, 1.165) is 52.9 Å².